The van der Waals surface area contributed by atoms with Crippen molar-refractivity contribution >= 4 is 22.1 Å². The van der Waals surface area contributed by atoms with Gasteiger partial charge in [0, 0.05) is 7.05 Å². The molecule has 0 unspecified atom stereocenters. The van der Waals surface area contributed by atoms with E-state index in [-0.39, 0.29) is 11.4 Å². The van der Waals surface area contributed by atoms with E-state index in [4.69, 9.17) is 4.74 Å². The number of amides is 1. The molecule has 0 aliphatic rings. The van der Waals surface area contributed by atoms with Crippen LogP contribution < -0.4 is 10.2 Å². The Bertz CT molecular complexity index is 851. The van der Waals surface area contributed by atoms with E-state index in [1.807, 2.05) is 0 Å². The molecule has 2 aromatic rings. The lowest BCUT2D eigenvalue weighted by Gasteiger charge is -2.15. The summed E-state index contributed by atoms with van der Waals surface area (Å²) < 4.78 is 30.7. The summed E-state index contributed by atoms with van der Waals surface area (Å²) in [6.07, 6.45) is 1.45. The first-order valence-corrected chi connectivity index (χ1v) is 8.85. The fourth-order valence-electron chi connectivity index (χ4n) is 2.00. The Morgan fingerprint density at radius 2 is 1.92 bits per heavy atom. The van der Waals surface area contributed by atoms with Crippen LogP contribution in [0.1, 0.15) is 5.56 Å². The molecular formula is C17H19N3O4S. The topological polar surface area (TPSA) is 88.1 Å². The lowest BCUT2D eigenvalue weighted by Crippen LogP contribution is -2.36. The van der Waals surface area contributed by atoms with Gasteiger partial charge in [0.05, 0.1) is 24.8 Å². The molecule has 0 aromatic heterocycles. The van der Waals surface area contributed by atoms with Crippen LogP contribution >= 0.6 is 0 Å². The van der Waals surface area contributed by atoms with Crippen molar-refractivity contribution in [3.8, 4) is 5.75 Å². The van der Waals surface area contributed by atoms with Crippen molar-refractivity contribution in [2.75, 3.05) is 20.7 Å². The molecule has 2 aromatic carbocycles. The smallest absolute Gasteiger partial charge is 0.255 e. The number of nitrogens with one attached hydrogen (secondary N) is 1. The van der Waals surface area contributed by atoms with Gasteiger partial charge in [0.2, 0.25) is 10.0 Å². The third kappa shape index (κ3) is 5.13. The molecule has 0 aliphatic heterocycles. The number of likely N-dealkylation sites (N-methyl/N-ethyl adjacent to an activating group) is 1. The lowest BCUT2D eigenvalue weighted by atomic mass is 10.2. The maximum Gasteiger partial charge on any atom is 0.255 e. The van der Waals surface area contributed by atoms with Crippen molar-refractivity contribution in [1.82, 2.24) is 9.73 Å². The number of rotatable bonds is 7. The molecule has 25 heavy (non-hydrogen) atoms. The highest BCUT2D eigenvalue weighted by Gasteiger charge is 2.22. The van der Waals surface area contributed by atoms with Crippen LogP contribution in [0, 0.1) is 0 Å². The molecule has 8 heteroatoms. The Balaban J connectivity index is 1.94. The van der Waals surface area contributed by atoms with Crippen LogP contribution in [0.5, 0.6) is 5.75 Å². The van der Waals surface area contributed by atoms with Crippen molar-refractivity contribution in [3.63, 3.8) is 0 Å². The molecule has 0 heterocycles. The van der Waals surface area contributed by atoms with Gasteiger partial charge in [0.15, 0.2) is 0 Å². The fraction of sp³-hybridized carbons (Fsp3) is 0.176. The number of hydrogen-bond donors (Lipinski definition) is 1. The second-order valence-corrected chi connectivity index (χ2v) is 7.19. The van der Waals surface area contributed by atoms with Gasteiger partial charge in [-0.3, -0.25) is 4.79 Å². The standard InChI is InChI=1S/C17H19N3O4S/c1-20(25(22,23)16-9-4-3-5-10-16)13-17(21)19-18-12-14-7-6-8-15(11-14)24-2/h3-12H,13H2,1-2H3,(H,19,21)/b18-12-. The summed E-state index contributed by atoms with van der Waals surface area (Å²) >= 11 is 0. The van der Waals surface area contributed by atoms with Crippen LogP contribution in [-0.2, 0) is 14.8 Å². The van der Waals surface area contributed by atoms with E-state index in [1.165, 1.54) is 25.4 Å². The van der Waals surface area contributed by atoms with E-state index in [1.54, 1.807) is 49.6 Å². The minimum absolute atomic E-state index is 0.130. The molecule has 2 rings (SSSR count). The molecule has 0 spiro atoms. The number of carbonyl (C=O) groups is 1. The summed E-state index contributed by atoms with van der Waals surface area (Å²) in [5, 5.41) is 3.82. The van der Waals surface area contributed by atoms with Gasteiger partial charge in [-0.05, 0) is 29.8 Å². The zero-order valence-electron chi connectivity index (χ0n) is 13.9. The van der Waals surface area contributed by atoms with Crippen LogP contribution in [0.4, 0.5) is 0 Å². The Morgan fingerprint density at radius 3 is 2.60 bits per heavy atom. The zero-order valence-corrected chi connectivity index (χ0v) is 14.7. The number of methoxy groups -OCH3 is 1. The van der Waals surface area contributed by atoms with Crippen molar-refractivity contribution in [1.29, 1.82) is 0 Å². The van der Waals surface area contributed by atoms with Gasteiger partial charge in [-0.2, -0.15) is 9.41 Å². The van der Waals surface area contributed by atoms with E-state index in [0.29, 0.717) is 5.75 Å². The molecule has 7 nitrogen and oxygen atoms in total. The Labute approximate surface area is 147 Å². The third-order valence-corrected chi connectivity index (χ3v) is 5.13. The van der Waals surface area contributed by atoms with Gasteiger partial charge in [-0.15, -0.1) is 0 Å². The summed E-state index contributed by atoms with van der Waals surface area (Å²) in [5.74, 6) is 0.130. The fourth-order valence-corrected chi connectivity index (χ4v) is 3.14. The molecule has 1 amide bonds. The highest BCUT2D eigenvalue weighted by Crippen LogP contribution is 2.13. The quantitative estimate of drug-likeness (QED) is 0.597. The maximum atomic E-state index is 12.3. The van der Waals surface area contributed by atoms with Gasteiger partial charge in [0.1, 0.15) is 5.75 Å². The molecule has 0 aliphatic carbocycles. The summed E-state index contributed by atoms with van der Waals surface area (Å²) in [6, 6.07) is 15.1. The van der Waals surface area contributed by atoms with Crippen LogP contribution in [-0.4, -0.2) is 45.5 Å². The average molecular weight is 361 g/mol. The number of carbonyl (C=O) groups excluding carboxylic acids is 1. The van der Waals surface area contributed by atoms with Crippen molar-refractivity contribution < 1.29 is 17.9 Å². The van der Waals surface area contributed by atoms with Crippen molar-refractivity contribution in [2.24, 2.45) is 5.10 Å². The minimum Gasteiger partial charge on any atom is -0.497 e. The Kier molecular flexibility index (Phi) is 6.26. The SMILES string of the molecule is COc1cccc(/C=N\NC(=O)CN(C)S(=O)(=O)c2ccccc2)c1. The van der Waals surface area contributed by atoms with E-state index in [0.717, 1.165) is 9.87 Å². The maximum absolute atomic E-state index is 12.3. The normalized spacial score (nSPS) is 11.6. The van der Waals surface area contributed by atoms with Gasteiger partial charge >= 0.3 is 0 Å². The number of nitrogens with zero attached hydrogens (tertiary/aromatic N) is 2. The number of ether oxygens (including phenoxy) is 1. The minimum atomic E-state index is -3.72. The molecule has 0 saturated carbocycles. The lowest BCUT2D eigenvalue weighted by molar-refractivity contribution is -0.121. The first-order valence-electron chi connectivity index (χ1n) is 7.41. The predicted molar refractivity (Wildman–Crippen MR) is 95.0 cm³/mol. The molecular weight excluding hydrogens is 342 g/mol. The van der Waals surface area contributed by atoms with E-state index in [2.05, 4.69) is 10.5 Å². The molecule has 0 fully saturated rings. The van der Waals surface area contributed by atoms with E-state index in [9.17, 15) is 13.2 Å². The van der Waals surface area contributed by atoms with Crippen molar-refractivity contribution in [2.45, 2.75) is 4.90 Å². The second kappa shape index (κ2) is 8.41. The first kappa shape index (κ1) is 18.6. The molecule has 0 atom stereocenters. The largest absolute Gasteiger partial charge is 0.497 e. The summed E-state index contributed by atoms with van der Waals surface area (Å²) in [7, 11) is -0.819. The number of benzene rings is 2. The highest BCUT2D eigenvalue weighted by molar-refractivity contribution is 7.89. The van der Waals surface area contributed by atoms with Gasteiger partial charge in [-0.1, -0.05) is 30.3 Å². The predicted octanol–water partition coefficient (Wildman–Crippen LogP) is 1.47. The average Bonchev–Trinajstić information content (AvgIpc) is 2.62. The van der Waals surface area contributed by atoms with Crippen molar-refractivity contribution in [3.05, 3.63) is 60.2 Å². The van der Waals surface area contributed by atoms with Crippen LogP contribution in [0.25, 0.3) is 0 Å². The first-order chi connectivity index (χ1) is 11.9. The zero-order chi connectivity index (χ0) is 18.3. The van der Waals surface area contributed by atoms with Gasteiger partial charge in [0.25, 0.3) is 5.91 Å². The molecule has 0 saturated heterocycles. The monoisotopic (exact) mass is 361 g/mol. The highest BCUT2D eigenvalue weighted by atomic mass is 32.2. The number of hydrazone groups is 1. The number of hydrogen-bond acceptors (Lipinski definition) is 5. The Morgan fingerprint density at radius 1 is 1.20 bits per heavy atom. The van der Waals surface area contributed by atoms with E-state index < -0.39 is 15.9 Å². The summed E-state index contributed by atoms with van der Waals surface area (Å²) in [4.78, 5) is 12.0. The second-order valence-electron chi connectivity index (χ2n) is 5.14. The van der Waals surface area contributed by atoms with Crippen LogP contribution in [0.15, 0.2) is 64.6 Å². The van der Waals surface area contributed by atoms with Gasteiger partial charge < -0.3 is 4.74 Å². The number of sulfonamides is 1. The molecule has 0 bridgehead atoms. The van der Waals surface area contributed by atoms with E-state index >= 15 is 0 Å². The molecule has 132 valence electrons. The molecule has 1 N–H and O–H groups in total. The van der Waals surface area contributed by atoms with Gasteiger partial charge in [-0.25, -0.2) is 13.8 Å². The molecule has 0 radical (unpaired) electrons. The summed E-state index contributed by atoms with van der Waals surface area (Å²) in [6.45, 7) is -0.341. The van der Waals surface area contributed by atoms with Crippen LogP contribution in [0.2, 0.25) is 0 Å². The van der Waals surface area contributed by atoms with Crippen LogP contribution in [0.3, 0.4) is 0 Å². The third-order valence-electron chi connectivity index (χ3n) is 3.31. The Hall–Kier alpha value is -2.71. The summed E-state index contributed by atoms with van der Waals surface area (Å²) in [5.41, 5.74) is 3.05.